The highest BCUT2D eigenvalue weighted by molar-refractivity contribution is 7.90. The van der Waals surface area contributed by atoms with Crippen LogP contribution >= 0.6 is 0 Å². The number of benzene rings is 1. The van der Waals surface area contributed by atoms with Crippen molar-refractivity contribution in [3.8, 4) is 11.4 Å². The van der Waals surface area contributed by atoms with E-state index in [1.165, 1.54) is 0 Å². The topological polar surface area (TPSA) is 88.2 Å². The lowest BCUT2D eigenvalue weighted by Crippen LogP contribution is -2.37. The second-order valence-corrected chi connectivity index (χ2v) is 8.98. The first kappa shape index (κ1) is 19.7. The molecule has 0 saturated carbocycles. The average molecular weight is 422 g/mol. The van der Waals surface area contributed by atoms with E-state index in [1.54, 1.807) is 6.07 Å². The smallest absolute Gasteiger partial charge is 0.252 e. The number of hydrogen-bond donors (Lipinski definition) is 1. The van der Waals surface area contributed by atoms with Gasteiger partial charge >= 0.3 is 0 Å². The summed E-state index contributed by atoms with van der Waals surface area (Å²) in [6, 6.07) is 9.12. The van der Waals surface area contributed by atoms with E-state index in [-0.39, 0.29) is 5.69 Å². The van der Waals surface area contributed by atoms with E-state index in [2.05, 4.69) is 15.0 Å². The number of aromatic amines is 1. The molecule has 0 aliphatic carbocycles. The number of nitrogens with zero attached hydrogens (tertiary/aromatic N) is 3. The Morgan fingerprint density at radius 2 is 1.93 bits per heavy atom. The second kappa shape index (κ2) is 8.03. The molecule has 0 amide bonds. The Labute approximate surface area is 166 Å². The van der Waals surface area contributed by atoms with Crippen molar-refractivity contribution in [2.45, 2.75) is 12.2 Å². The number of aromatic nitrogens is 3. The Hall–Kier alpha value is -2.59. The molecule has 154 valence electrons. The van der Waals surface area contributed by atoms with Gasteiger partial charge in [-0.25, -0.2) is 27.2 Å². The van der Waals surface area contributed by atoms with Gasteiger partial charge < -0.3 is 14.6 Å². The summed E-state index contributed by atoms with van der Waals surface area (Å²) in [5, 5.41) is 0.967. The van der Waals surface area contributed by atoms with Crippen molar-refractivity contribution in [2.24, 2.45) is 0 Å². The summed E-state index contributed by atoms with van der Waals surface area (Å²) < 4.78 is 54.8. The number of morpholine rings is 1. The van der Waals surface area contributed by atoms with Crippen molar-refractivity contribution < 1.29 is 21.9 Å². The highest BCUT2D eigenvalue weighted by Crippen LogP contribution is 2.25. The number of fused-ring (bicyclic) bond motifs is 1. The largest absolute Gasteiger partial charge is 0.378 e. The summed E-state index contributed by atoms with van der Waals surface area (Å²) in [7, 11) is -3.99. The molecule has 0 radical (unpaired) electrons. The first-order chi connectivity index (χ1) is 13.9. The lowest BCUT2D eigenvalue weighted by atomic mass is 10.1. The van der Waals surface area contributed by atoms with E-state index in [9.17, 15) is 17.2 Å². The quantitative estimate of drug-likeness (QED) is 0.657. The van der Waals surface area contributed by atoms with Crippen molar-refractivity contribution in [2.75, 3.05) is 37.0 Å². The highest BCUT2D eigenvalue weighted by Gasteiger charge is 2.22. The summed E-state index contributed by atoms with van der Waals surface area (Å²) in [5.74, 6) is -0.820. The van der Waals surface area contributed by atoms with Gasteiger partial charge in [-0.1, -0.05) is 0 Å². The second-order valence-electron chi connectivity index (χ2n) is 6.87. The number of sulfone groups is 1. The molecule has 10 heteroatoms. The molecule has 1 aliphatic rings. The van der Waals surface area contributed by atoms with Gasteiger partial charge in [-0.15, -0.1) is 0 Å². The molecule has 7 nitrogen and oxygen atoms in total. The molecule has 1 aromatic carbocycles. The fraction of sp³-hybridized carbons (Fsp3) is 0.368. The van der Waals surface area contributed by atoms with Crippen LogP contribution in [0.5, 0.6) is 0 Å². The van der Waals surface area contributed by atoms with Crippen LogP contribution in [0.1, 0.15) is 5.69 Å². The molecule has 29 heavy (non-hydrogen) atoms. The summed E-state index contributed by atoms with van der Waals surface area (Å²) in [6.07, 6.45) is -1.10. The zero-order chi connectivity index (χ0) is 20.4. The average Bonchev–Trinajstić information content (AvgIpc) is 3.14. The maximum absolute atomic E-state index is 12.6. The summed E-state index contributed by atoms with van der Waals surface area (Å²) >= 11 is 0. The number of nitrogens with one attached hydrogen (secondary N) is 1. The van der Waals surface area contributed by atoms with E-state index in [4.69, 9.17) is 4.74 Å². The van der Waals surface area contributed by atoms with Crippen LogP contribution in [0.4, 0.5) is 14.6 Å². The van der Waals surface area contributed by atoms with Crippen LogP contribution in [0, 0.1) is 0 Å². The third-order valence-electron chi connectivity index (χ3n) is 4.66. The summed E-state index contributed by atoms with van der Waals surface area (Å²) in [5.41, 5.74) is 1.88. The van der Waals surface area contributed by atoms with E-state index in [1.807, 2.05) is 35.4 Å². The van der Waals surface area contributed by atoms with E-state index in [0.717, 1.165) is 16.5 Å². The third-order valence-corrected chi connectivity index (χ3v) is 6.16. The van der Waals surface area contributed by atoms with Gasteiger partial charge in [0.25, 0.3) is 6.43 Å². The van der Waals surface area contributed by atoms with Crippen LogP contribution < -0.4 is 4.90 Å². The molecule has 4 rings (SSSR count). The van der Waals surface area contributed by atoms with Crippen molar-refractivity contribution in [3.63, 3.8) is 0 Å². The van der Waals surface area contributed by atoms with Gasteiger partial charge in [-0.05, 0) is 24.3 Å². The van der Waals surface area contributed by atoms with Crippen LogP contribution in [0.15, 0.2) is 36.5 Å². The Balaban J connectivity index is 1.74. The van der Waals surface area contributed by atoms with Crippen LogP contribution in [-0.2, 0) is 20.3 Å². The number of ether oxygens (including phenoxy) is 1. The van der Waals surface area contributed by atoms with Crippen LogP contribution in [0.25, 0.3) is 22.3 Å². The molecule has 3 heterocycles. The molecule has 3 aromatic rings. The Kier molecular flexibility index (Phi) is 5.46. The minimum Gasteiger partial charge on any atom is -0.378 e. The van der Waals surface area contributed by atoms with Crippen molar-refractivity contribution >= 4 is 26.6 Å². The maximum Gasteiger partial charge on any atom is 0.252 e. The standard InChI is InChI=1S/C19H20F2N4O3S/c20-17(21)12-29(26,27)11-15-10-18(25-5-7-28-8-6-25)24-19(23-15)14-1-2-16-13(9-14)3-4-22-16/h1-4,9-10,17,22H,5-8,11-12H2. The van der Waals surface area contributed by atoms with Crippen LogP contribution in [0.2, 0.25) is 0 Å². The van der Waals surface area contributed by atoms with Crippen molar-refractivity contribution in [3.05, 3.63) is 42.2 Å². The molecule has 0 bridgehead atoms. The predicted octanol–water partition coefficient (Wildman–Crippen LogP) is 2.64. The number of alkyl halides is 2. The van der Waals surface area contributed by atoms with Crippen LogP contribution in [-0.4, -0.2) is 61.9 Å². The van der Waals surface area contributed by atoms with Gasteiger partial charge in [0.2, 0.25) is 0 Å². The van der Waals surface area contributed by atoms with Gasteiger partial charge in [0.05, 0.1) is 24.7 Å². The minimum absolute atomic E-state index is 0.200. The molecular weight excluding hydrogens is 402 g/mol. The van der Waals surface area contributed by atoms with E-state index < -0.39 is 27.8 Å². The molecule has 0 spiro atoms. The van der Waals surface area contributed by atoms with Crippen LogP contribution in [0.3, 0.4) is 0 Å². The van der Waals surface area contributed by atoms with E-state index in [0.29, 0.717) is 37.9 Å². The predicted molar refractivity (Wildman–Crippen MR) is 106 cm³/mol. The number of hydrogen-bond acceptors (Lipinski definition) is 6. The fourth-order valence-electron chi connectivity index (χ4n) is 3.31. The zero-order valence-corrected chi connectivity index (χ0v) is 16.3. The molecule has 2 aromatic heterocycles. The number of rotatable bonds is 6. The van der Waals surface area contributed by atoms with Crippen molar-refractivity contribution in [1.29, 1.82) is 0 Å². The maximum atomic E-state index is 12.6. The third kappa shape index (κ3) is 4.70. The van der Waals surface area contributed by atoms with Gasteiger partial charge in [-0.3, -0.25) is 0 Å². The molecular formula is C19H20F2N4O3S. The minimum atomic E-state index is -3.99. The summed E-state index contributed by atoms with van der Waals surface area (Å²) in [6.45, 7) is 2.29. The molecule has 0 atom stereocenters. The number of anilines is 1. The lowest BCUT2D eigenvalue weighted by Gasteiger charge is -2.28. The zero-order valence-electron chi connectivity index (χ0n) is 15.5. The SMILES string of the molecule is O=S(=O)(Cc1cc(N2CCOCC2)nc(-c2ccc3[nH]ccc3c2)n1)CC(F)F. The van der Waals surface area contributed by atoms with Gasteiger partial charge in [0.1, 0.15) is 11.6 Å². The Morgan fingerprint density at radius 3 is 2.69 bits per heavy atom. The lowest BCUT2D eigenvalue weighted by molar-refractivity contribution is 0.122. The molecule has 0 unspecified atom stereocenters. The molecule has 1 fully saturated rings. The van der Waals surface area contributed by atoms with Crippen molar-refractivity contribution in [1.82, 2.24) is 15.0 Å². The first-order valence-corrected chi connectivity index (χ1v) is 11.0. The molecule has 1 aliphatic heterocycles. The van der Waals surface area contributed by atoms with E-state index >= 15 is 0 Å². The highest BCUT2D eigenvalue weighted by atomic mass is 32.2. The Bertz CT molecular complexity index is 1110. The molecule has 1 saturated heterocycles. The summed E-state index contributed by atoms with van der Waals surface area (Å²) in [4.78, 5) is 14.1. The first-order valence-electron chi connectivity index (χ1n) is 9.16. The number of halogens is 2. The van der Waals surface area contributed by atoms with Gasteiger partial charge in [0, 0.05) is 41.8 Å². The normalized spacial score (nSPS) is 15.3. The Morgan fingerprint density at radius 1 is 1.14 bits per heavy atom. The van der Waals surface area contributed by atoms with Gasteiger partial charge in [0.15, 0.2) is 15.7 Å². The fourth-order valence-corrected chi connectivity index (χ4v) is 4.41. The number of H-pyrrole nitrogens is 1. The monoisotopic (exact) mass is 422 g/mol. The molecule has 1 N–H and O–H groups in total. The van der Waals surface area contributed by atoms with Gasteiger partial charge in [-0.2, -0.15) is 0 Å².